The summed E-state index contributed by atoms with van der Waals surface area (Å²) in [5, 5.41) is 0. The normalized spacial score (nSPS) is 18.7. The Morgan fingerprint density at radius 1 is 1.14 bits per heavy atom. The summed E-state index contributed by atoms with van der Waals surface area (Å²) < 4.78 is 43.5. The van der Waals surface area contributed by atoms with Crippen molar-refractivity contribution in [2.24, 2.45) is 0 Å². The minimum absolute atomic E-state index is 0. The van der Waals surface area contributed by atoms with E-state index in [0.29, 0.717) is 4.67 Å². The topological polar surface area (TPSA) is 130 Å². The minimum atomic E-state index is -4.99. The van der Waals surface area contributed by atoms with Crippen LogP contribution in [0.4, 0.5) is 0 Å². The third-order valence-electron chi connectivity index (χ3n) is 2.06. The first-order valence-electron chi connectivity index (χ1n) is 5.05. The summed E-state index contributed by atoms with van der Waals surface area (Å²) >= 11 is 0. The number of rotatable bonds is 7. The van der Waals surface area contributed by atoms with Gasteiger partial charge in [0, 0.05) is 33.8 Å². The van der Waals surface area contributed by atoms with Gasteiger partial charge in [0.25, 0.3) is 0 Å². The predicted molar refractivity (Wildman–Crippen MR) is 69.2 cm³/mol. The molecule has 0 aromatic heterocycles. The molecule has 0 bridgehead atoms. The molecular weight excluding hydrogens is 772 g/mol. The second-order valence-electron chi connectivity index (χ2n) is 4.23. The molecule has 0 heterocycles. The van der Waals surface area contributed by atoms with E-state index in [9.17, 15) is 28.3 Å². The van der Waals surface area contributed by atoms with Crippen molar-refractivity contribution in [2.45, 2.75) is 19.9 Å². The summed E-state index contributed by atoms with van der Waals surface area (Å²) in [4.78, 5) is 29.9. The molecule has 3 unspecified atom stereocenters. The van der Waals surface area contributed by atoms with Gasteiger partial charge < -0.3 is 9.79 Å². The molecule has 2 N–H and O–H groups in total. The Labute approximate surface area is 131 Å². The van der Waals surface area contributed by atoms with Crippen molar-refractivity contribution in [3.63, 3.8) is 0 Å². The fourth-order valence-electron chi connectivity index (χ4n) is 0.937. The van der Waals surface area contributed by atoms with Crippen molar-refractivity contribution >= 4 is 28.7 Å². The number of hydrogen-bond donors (Lipinski definition) is 2. The van der Waals surface area contributed by atoms with Crippen LogP contribution in [0.15, 0.2) is 0 Å². The Kier molecular flexibility index (Phi) is 10.4. The minimum Gasteiger partial charge on any atom is -0.312 e. The van der Waals surface area contributed by atoms with Crippen LogP contribution in [0, 0.1) is 0 Å². The molecule has 0 spiro atoms. The molecule has 1 radical (unpaired) electrons. The summed E-state index contributed by atoms with van der Waals surface area (Å²) in [5.41, 5.74) is 0. The maximum absolute atomic E-state index is 11.8. The van der Waals surface area contributed by atoms with Crippen LogP contribution < -0.4 is 0 Å². The molecule has 0 aromatic rings. The molecule has 0 saturated carbocycles. The van der Waals surface area contributed by atoms with Crippen molar-refractivity contribution in [3.8, 4) is 0 Å². The first kappa shape index (κ1) is 25.8. The van der Waals surface area contributed by atoms with Crippen LogP contribution in [0.2, 0.25) is 0 Å². The molecule has 0 amide bonds. The molecule has 14 heteroatoms. The first-order valence-corrected chi connectivity index (χ1v) is 10.6. The molecule has 9 nitrogen and oxygen atoms in total. The Morgan fingerprint density at radius 2 is 1.52 bits per heavy atom. The van der Waals surface area contributed by atoms with Gasteiger partial charge in [0.2, 0.25) is 7.37 Å². The van der Waals surface area contributed by atoms with E-state index in [0.717, 1.165) is 20.4 Å². The summed E-state index contributed by atoms with van der Waals surface area (Å²) in [6, 6.07) is -1.01. The van der Waals surface area contributed by atoms with Gasteiger partial charge in [0.05, 0.1) is 6.04 Å². The number of Topliss-reactive ketones (excluding diaryl/α,β-unsaturated/α-hetero) is 1. The van der Waals surface area contributed by atoms with Crippen molar-refractivity contribution in [1.29, 1.82) is 0 Å². The van der Waals surface area contributed by atoms with Crippen LogP contribution in [0.1, 0.15) is 13.8 Å². The third-order valence-corrected chi connectivity index (χ3v) is 7.28. The molecule has 123 valence electrons. The molecule has 0 aromatic carbocycles. The number of carbonyl (C=O) groups excluding carboxylic acids is 1. The van der Waals surface area contributed by atoms with Crippen LogP contribution in [0.5, 0.6) is 0 Å². The summed E-state index contributed by atoms with van der Waals surface area (Å²) in [6.07, 6.45) is 0. The molecule has 0 saturated heterocycles. The summed E-state index contributed by atoms with van der Waals surface area (Å²) in [7, 11) is -12.1. The zero-order valence-electron chi connectivity index (χ0n) is 12.3. The molecular formula is C7H18NO8P3ReRf. The smallest absolute Gasteiger partial charge is 0.312 e. The monoisotopic (exact) mass is 791 g/mol. The Bertz CT molecular complexity index is 496. The van der Waals surface area contributed by atoms with E-state index in [1.807, 2.05) is 0 Å². The van der Waals surface area contributed by atoms with Gasteiger partial charge in [-0.1, -0.05) is 0 Å². The number of likely N-dealkylation sites (N-methyl/N-ethyl adjacent to an activating group) is 1. The van der Waals surface area contributed by atoms with Crippen molar-refractivity contribution < 1.29 is 57.3 Å². The van der Waals surface area contributed by atoms with Crippen LogP contribution in [0.25, 0.3) is 0 Å². The van der Waals surface area contributed by atoms with Crippen molar-refractivity contribution in [2.75, 3.05) is 20.4 Å². The van der Waals surface area contributed by atoms with Crippen LogP contribution >= 0.6 is 22.9 Å². The zero-order chi connectivity index (χ0) is 15.6. The first-order chi connectivity index (χ1) is 8.18. The van der Waals surface area contributed by atoms with Gasteiger partial charge in [-0.05, 0) is 20.9 Å². The molecule has 0 fully saturated rings. The predicted octanol–water partition coefficient (Wildman–Crippen LogP) is 1.66. The molecule has 0 aliphatic carbocycles. The molecule has 21 heavy (non-hydrogen) atoms. The van der Waals surface area contributed by atoms with Crippen molar-refractivity contribution in [1.82, 2.24) is 4.67 Å². The van der Waals surface area contributed by atoms with E-state index < -0.39 is 34.8 Å². The van der Waals surface area contributed by atoms with Gasteiger partial charge >= 0.3 is 15.6 Å². The second kappa shape index (κ2) is 8.45. The molecule has 0 rings (SSSR count). The Hall–Kier alpha value is -0.178. The van der Waals surface area contributed by atoms with Crippen LogP contribution in [-0.4, -0.2) is 46.7 Å². The van der Waals surface area contributed by atoms with Gasteiger partial charge in [-0.3, -0.25) is 9.36 Å². The fourth-order valence-corrected chi connectivity index (χ4v) is 5.45. The van der Waals surface area contributed by atoms with E-state index in [-0.39, 0.29) is 20.4 Å². The van der Waals surface area contributed by atoms with Crippen LogP contribution in [-0.2, 0) is 47.5 Å². The SMILES string of the molecule is CC(=O)C(C)N(C)P(=O)(O)OP(=O)(O)OP(C)(C)=O.[Re].[Rf]. The Morgan fingerprint density at radius 3 is 1.81 bits per heavy atom. The maximum Gasteiger partial charge on any atom is 0.486 e. The molecule has 3 atom stereocenters. The van der Waals surface area contributed by atoms with E-state index in [4.69, 9.17) is 0 Å². The van der Waals surface area contributed by atoms with E-state index in [1.165, 1.54) is 13.8 Å². The number of phosphoric acid groups is 1. The fraction of sp³-hybridized carbons (Fsp3) is 0.857. The third kappa shape index (κ3) is 9.44. The largest absolute Gasteiger partial charge is 0.486 e. The number of carbonyl (C=O) groups is 1. The van der Waals surface area contributed by atoms with Gasteiger partial charge in [-0.2, -0.15) is 4.31 Å². The number of ketones is 1. The zero-order valence-corrected chi connectivity index (χ0v) is 24.1. The summed E-state index contributed by atoms with van der Waals surface area (Å²) in [5.74, 6) is -0.439. The van der Waals surface area contributed by atoms with E-state index >= 15 is 0 Å². The standard InChI is InChI=1S/C7H18NO8P3.Re.Rf/c1-6(7(2)9)8(3)18(11,12)16-19(13,14)15-17(4,5)10;;/h6H,1-5H3,(H,11,12)(H,13,14);;. The number of nitrogens with zero attached hydrogens (tertiary/aromatic N) is 1. The average Bonchev–Trinajstić information content (AvgIpc) is 2.08. The van der Waals surface area contributed by atoms with E-state index in [1.54, 1.807) is 0 Å². The van der Waals surface area contributed by atoms with E-state index in [2.05, 4.69) is 8.62 Å². The van der Waals surface area contributed by atoms with Gasteiger partial charge in [-0.15, -0.1) is 0 Å². The molecule has 0 aliphatic heterocycles. The Balaban J connectivity index is -0.00000162. The second-order valence-corrected chi connectivity index (χ2v) is 10.6. The average molecular weight is 790 g/mol. The summed E-state index contributed by atoms with van der Waals surface area (Å²) in [6.45, 7) is 4.59. The van der Waals surface area contributed by atoms with Gasteiger partial charge in [-0.25, -0.2) is 18.1 Å². The van der Waals surface area contributed by atoms with Crippen LogP contribution in [0.3, 0.4) is 0 Å². The number of hydrogen-bond acceptors (Lipinski definition) is 6. The van der Waals surface area contributed by atoms with Crippen molar-refractivity contribution in [3.05, 3.63) is 0 Å². The molecule has 0 aliphatic rings. The quantitative estimate of drug-likeness (QED) is 0.371. The maximum atomic E-state index is 11.8. The van der Waals surface area contributed by atoms with Gasteiger partial charge in [0.1, 0.15) is 5.78 Å². The van der Waals surface area contributed by atoms with Gasteiger partial charge in [0.15, 0.2) is 0 Å².